The van der Waals surface area contributed by atoms with Crippen molar-refractivity contribution in [3.8, 4) is 5.75 Å². The van der Waals surface area contributed by atoms with E-state index in [4.69, 9.17) is 28.7 Å². The standard InChI is InChI=1S/C68H106N18O19/c1-10-37(8)56(66(103)85-55(36(6)7)65(102)81-45(67(104)105)17-14-26-74-68(72)73)86-64(101)46(28-35(4)5)82-57(94)38(9)77-62(99)49(31-51(71)89)84-61(98)44(22-24-50(70)88)80-63(100)48(29-39-15-12-11-13-16-39)79-53(91)33-76-59(96)47(30-40-18-20-41(87)21-19-40)83-60(97)43(23-25-54(92)93)78-52(90)32-75-58(95)42(69)27-34(2)3/h11-13,15-16,18-21,34-38,42-49,55-56,87H,10,14,17,22-33,69H2,1-9H3,(H2,70,88)(H2,71,89)(H,75,95)(H,76,96)(H,77,99)(H,78,90)(H,79,91)(H,80,100)(H,81,102)(H,82,94)(H,83,97)(H,84,98)(H,85,103)(H,86,101)(H,92,93)(H,104,105)(H4,72,73,74)/t37-,38-,42-,43-,44-,45-,46-,47-,48-,49-,55-,56-/m0/s1. The van der Waals surface area contributed by atoms with Gasteiger partial charge in [0.2, 0.25) is 82.7 Å². The summed E-state index contributed by atoms with van der Waals surface area (Å²) in [6.45, 7) is 13.5. The fourth-order valence-corrected chi connectivity index (χ4v) is 10.3. The van der Waals surface area contributed by atoms with Crippen molar-refractivity contribution in [3.05, 3.63) is 65.7 Å². The van der Waals surface area contributed by atoms with Crippen molar-refractivity contribution in [2.24, 2.45) is 57.3 Å². The number of amides is 14. The molecule has 582 valence electrons. The summed E-state index contributed by atoms with van der Waals surface area (Å²) >= 11 is 0. The van der Waals surface area contributed by atoms with Gasteiger partial charge in [0.1, 0.15) is 66.2 Å². The van der Waals surface area contributed by atoms with E-state index >= 15 is 0 Å². The van der Waals surface area contributed by atoms with Gasteiger partial charge in [0.05, 0.1) is 25.6 Å². The number of rotatable bonds is 48. The summed E-state index contributed by atoms with van der Waals surface area (Å²) in [6, 6.07) is -2.77. The Labute approximate surface area is 608 Å². The van der Waals surface area contributed by atoms with Crippen LogP contribution in [0.25, 0.3) is 0 Å². The molecule has 0 spiro atoms. The first-order chi connectivity index (χ1) is 49.2. The molecule has 37 nitrogen and oxygen atoms in total. The molecule has 2 aromatic carbocycles. The largest absolute Gasteiger partial charge is 0.508 e. The van der Waals surface area contributed by atoms with E-state index in [-0.39, 0.29) is 62.2 Å². The second kappa shape index (κ2) is 45.9. The normalized spacial score (nSPS) is 14.5. The zero-order valence-corrected chi connectivity index (χ0v) is 60.7. The summed E-state index contributed by atoms with van der Waals surface area (Å²) in [5, 5.41) is 58.7. The summed E-state index contributed by atoms with van der Waals surface area (Å²) < 4.78 is 0. The van der Waals surface area contributed by atoms with Crippen molar-refractivity contribution in [1.82, 2.24) is 63.8 Å². The highest BCUT2D eigenvalue weighted by molar-refractivity contribution is 6.00. The van der Waals surface area contributed by atoms with Crippen LogP contribution in [0.1, 0.15) is 138 Å². The van der Waals surface area contributed by atoms with Gasteiger partial charge in [-0.05, 0) is 92.4 Å². The van der Waals surface area contributed by atoms with E-state index in [2.05, 4.69) is 68.8 Å². The van der Waals surface area contributed by atoms with Gasteiger partial charge in [-0.25, -0.2) is 4.79 Å². The summed E-state index contributed by atoms with van der Waals surface area (Å²) in [6.07, 6.45) is -2.99. The maximum atomic E-state index is 14.4. The third-order valence-electron chi connectivity index (χ3n) is 16.2. The molecule has 0 aliphatic rings. The van der Waals surface area contributed by atoms with Gasteiger partial charge in [-0.2, -0.15) is 0 Å². The number of carboxylic acids is 2. The topological polar surface area (TPSA) is 621 Å². The number of aliphatic carboxylic acids is 2. The SMILES string of the molecule is CC[C@H](C)[C@H](NC(=O)[C@H](CC(C)C)NC(=O)[C@H](C)NC(=O)[C@H](CC(N)=O)NC(=O)[C@H](CCC(N)=O)NC(=O)[C@H](Cc1ccccc1)NC(=O)CNC(=O)[C@H](Cc1ccc(O)cc1)NC(=O)[C@H](CCC(=O)O)NC(=O)CNC(=O)[C@@H](N)CC(C)C)C(=O)N[C@H](C(=O)N[C@@H](CCCN=C(N)N)C(=O)O)C(C)C. The Balaban J connectivity index is 2.41. The number of phenols is 1. The molecule has 0 aliphatic carbocycles. The molecule has 0 radical (unpaired) electrons. The highest BCUT2D eigenvalue weighted by Crippen LogP contribution is 2.16. The minimum Gasteiger partial charge on any atom is -0.508 e. The maximum absolute atomic E-state index is 14.4. The number of nitrogens with zero attached hydrogens (tertiary/aromatic N) is 1. The molecular weight excluding hydrogens is 1370 g/mol. The molecule has 0 bridgehead atoms. The highest BCUT2D eigenvalue weighted by atomic mass is 16.4. The Bertz CT molecular complexity index is 3350. The predicted molar refractivity (Wildman–Crippen MR) is 381 cm³/mol. The number of nitrogens with two attached hydrogens (primary N) is 5. The van der Waals surface area contributed by atoms with Gasteiger partial charge >= 0.3 is 11.9 Å². The molecule has 12 atom stereocenters. The quantitative estimate of drug-likeness (QED) is 0.0169. The van der Waals surface area contributed by atoms with Crippen LogP contribution in [-0.2, 0) is 89.6 Å². The average Bonchev–Trinajstić information content (AvgIpc) is 0.862. The van der Waals surface area contributed by atoms with Crippen LogP contribution in [0.4, 0.5) is 0 Å². The van der Waals surface area contributed by atoms with Gasteiger partial charge in [-0.3, -0.25) is 76.9 Å². The number of aromatic hydroxyl groups is 1. The lowest BCUT2D eigenvalue weighted by Crippen LogP contribution is -2.61. The van der Waals surface area contributed by atoms with Gasteiger partial charge in [0.25, 0.3) is 0 Å². The van der Waals surface area contributed by atoms with Crippen LogP contribution >= 0.6 is 0 Å². The van der Waals surface area contributed by atoms with Gasteiger partial charge in [-0.15, -0.1) is 0 Å². The molecule has 0 unspecified atom stereocenters. The summed E-state index contributed by atoms with van der Waals surface area (Å²) in [5.41, 5.74) is 28.4. The maximum Gasteiger partial charge on any atom is 0.326 e. The second-order valence-corrected chi connectivity index (χ2v) is 26.6. The first-order valence-corrected chi connectivity index (χ1v) is 34.4. The Morgan fingerprint density at radius 3 is 1.43 bits per heavy atom. The number of hydrogen-bond donors (Lipinski definition) is 20. The van der Waals surface area contributed by atoms with E-state index in [1.54, 1.807) is 71.9 Å². The molecule has 0 aliphatic heterocycles. The average molecular weight is 1480 g/mol. The first-order valence-electron chi connectivity index (χ1n) is 34.4. The first kappa shape index (κ1) is 90.1. The molecule has 105 heavy (non-hydrogen) atoms. The fraction of sp³-hybridized carbons (Fsp3) is 0.574. The molecule has 0 fully saturated rings. The van der Waals surface area contributed by atoms with Crippen LogP contribution in [0, 0.1) is 23.7 Å². The predicted octanol–water partition coefficient (Wildman–Crippen LogP) is -4.46. The lowest BCUT2D eigenvalue weighted by Gasteiger charge is -2.30. The van der Waals surface area contributed by atoms with E-state index in [9.17, 15) is 92.0 Å². The fourth-order valence-electron chi connectivity index (χ4n) is 10.3. The zero-order valence-electron chi connectivity index (χ0n) is 60.7. The highest BCUT2D eigenvalue weighted by Gasteiger charge is 2.38. The number of primary amides is 2. The summed E-state index contributed by atoms with van der Waals surface area (Å²) in [5.74, 6) is -18.1. The van der Waals surface area contributed by atoms with Crippen molar-refractivity contribution in [3.63, 3.8) is 0 Å². The Morgan fingerprint density at radius 2 is 0.905 bits per heavy atom. The van der Waals surface area contributed by atoms with Crippen LogP contribution in [0.3, 0.4) is 0 Å². The molecule has 0 heterocycles. The van der Waals surface area contributed by atoms with Crippen LogP contribution in [0.2, 0.25) is 0 Å². The molecule has 0 saturated heterocycles. The monoisotopic (exact) mass is 1480 g/mol. The summed E-state index contributed by atoms with van der Waals surface area (Å²) in [4.78, 5) is 218. The van der Waals surface area contributed by atoms with Crippen molar-refractivity contribution in [2.75, 3.05) is 19.6 Å². The molecule has 0 aromatic heterocycles. The molecule has 0 saturated carbocycles. The zero-order chi connectivity index (χ0) is 79.4. The number of carboxylic acid groups (broad SMARTS) is 2. The minimum atomic E-state index is -1.88. The number of aliphatic imine (C=N–C) groups is 1. The van der Waals surface area contributed by atoms with E-state index < -0.39 is 218 Å². The van der Waals surface area contributed by atoms with Gasteiger partial charge in [0, 0.05) is 32.2 Å². The minimum absolute atomic E-state index is 0.0220. The molecule has 2 rings (SSSR count). The summed E-state index contributed by atoms with van der Waals surface area (Å²) in [7, 11) is 0. The van der Waals surface area contributed by atoms with Gasteiger partial charge in [-0.1, -0.05) is 104 Å². The van der Waals surface area contributed by atoms with Gasteiger partial charge in [0.15, 0.2) is 5.96 Å². The second-order valence-electron chi connectivity index (χ2n) is 26.6. The number of carbonyl (C=O) groups excluding carboxylic acids is 14. The molecular formula is C68H106N18O19. The van der Waals surface area contributed by atoms with Gasteiger partial charge < -0.3 is 108 Å². The van der Waals surface area contributed by atoms with E-state index in [1.807, 2.05) is 13.8 Å². The number of nitrogens with one attached hydrogen (secondary N) is 12. The third kappa shape index (κ3) is 35.2. The Kier molecular flexibility index (Phi) is 39.3. The third-order valence-corrected chi connectivity index (χ3v) is 16.2. The number of carbonyl (C=O) groups is 16. The van der Waals surface area contributed by atoms with Crippen molar-refractivity contribution >= 4 is 101 Å². The van der Waals surface area contributed by atoms with Crippen molar-refractivity contribution in [1.29, 1.82) is 0 Å². The van der Waals surface area contributed by atoms with Crippen molar-refractivity contribution in [2.45, 2.75) is 206 Å². The number of hydrogen-bond acceptors (Lipinski definition) is 19. The smallest absolute Gasteiger partial charge is 0.326 e. The number of guanidine groups is 1. The van der Waals surface area contributed by atoms with Crippen LogP contribution < -0.4 is 92.5 Å². The van der Waals surface area contributed by atoms with Crippen LogP contribution in [0.5, 0.6) is 5.75 Å². The van der Waals surface area contributed by atoms with Crippen LogP contribution in [-0.4, -0.2) is 202 Å². The number of phenolic OH excluding ortho intramolecular Hbond substituents is 1. The van der Waals surface area contributed by atoms with E-state index in [0.29, 0.717) is 24.0 Å². The molecule has 14 amide bonds. The van der Waals surface area contributed by atoms with Crippen LogP contribution in [0.15, 0.2) is 59.6 Å². The number of benzene rings is 2. The Hall–Kier alpha value is -11.0. The lowest BCUT2D eigenvalue weighted by atomic mass is 9.95. The molecule has 37 heteroatoms. The van der Waals surface area contributed by atoms with E-state index in [0.717, 1.165) is 0 Å². The molecule has 2 aromatic rings. The van der Waals surface area contributed by atoms with E-state index in [1.165, 1.54) is 31.2 Å². The lowest BCUT2D eigenvalue weighted by molar-refractivity contribution is -0.143. The van der Waals surface area contributed by atoms with Crippen molar-refractivity contribution < 1.29 is 92.0 Å². The molecule has 25 N–H and O–H groups in total. The Morgan fingerprint density at radius 1 is 0.448 bits per heavy atom.